The molecule has 0 aliphatic heterocycles. The summed E-state index contributed by atoms with van der Waals surface area (Å²) in [4.78, 5) is 26.8. The van der Waals surface area contributed by atoms with Crippen molar-refractivity contribution in [2.45, 2.75) is 26.4 Å². The van der Waals surface area contributed by atoms with E-state index in [0.717, 1.165) is 18.4 Å². The number of anilines is 1. The molecule has 0 heterocycles. The van der Waals surface area contributed by atoms with Crippen LogP contribution in [0.15, 0.2) is 42.5 Å². The van der Waals surface area contributed by atoms with Crippen LogP contribution < -0.4 is 9.62 Å². The summed E-state index contributed by atoms with van der Waals surface area (Å²) in [6.45, 7) is 2.84. The number of halogens is 3. The van der Waals surface area contributed by atoms with Crippen molar-refractivity contribution in [3.05, 3.63) is 64.7 Å². The van der Waals surface area contributed by atoms with Crippen LogP contribution in [0.5, 0.6) is 0 Å². The van der Waals surface area contributed by atoms with E-state index in [1.807, 2.05) is 0 Å². The van der Waals surface area contributed by atoms with Gasteiger partial charge in [0.25, 0.3) is 0 Å². The SMILES string of the molecule is CCNC(=O)C(C)N(Cc1cccc(Cl)c1)C(=O)CN(c1ccc(F)c(F)c1)S(C)(=O)=O. The predicted molar refractivity (Wildman–Crippen MR) is 119 cm³/mol. The van der Waals surface area contributed by atoms with Gasteiger partial charge in [0.05, 0.1) is 11.9 Å². The first-order chi connectivity index (χ1) is 14.9. The van der Waals surface area contributed by atoms with E-state index in [1.54, 1.807) is 31.2 Å². The fourth-order valence-electron chi connectivity index (χ4n) is 2.99. The largest absolute Gasteiger partial charge is 0.355 e. The molecule has 0 bridgehead atoms. The number of hydrogen-bond donors (Lipinski definition) is 1. The van der Waals surface area contributed by atoms with Crippen LogP contribution in [-0.2, 0) is 26.2 Å². The molecule has 2 aromatic carbocycles. The number of rotatable bonds is 9. The van der Waals surface area contributed by atoms with E-state index in [9.17, 15) is 26.8 Å². The van der Waals surface area contributed by atoms with Crippen molar-refractivity contribution >= 4 is 39.1 Å². The average Bonchev–Trinajstić information content (AvgIpc) is 2.71. The van der Waals surface area contributed by atoms with Crippen LogP contribution in [0.2, 0.25) is 5.02 Å². The lowest BCUT2D eigenvalue weighted by Gasteiger charge is -2.31. The summed E-state index contributed by atoms with van der Waals surface area (Å²) < 4.78 is 52.4. The van der Waals surface area contributed by atoms with Gasteiger partial charge in [0.1, 0.15) is 12.6 Å². The third-order valence-electron chi connectivity index (χ3n) is 4.63. The van der Waals surface area contributed by atoms with Crippen molar-refractivity contribution in [3.63, 3.8) is 0 Å². The first-order valence-corrected chi connectivity index (χ1v) is 11.9. The summed E-state index contributed by atoms with van der Waals surface area (Å²) >= 11 is 6.02. The topological polar surface area (TPSA) is 86.8 Å². The molecule has 0 saturated heterocycles. The Balaban J connectivity index is 2.40. The number of nitrogens with zero attached hydrogens (tertiary/aromatic N) is 2. The summed E-state index contributed by atoms with van der Waals surface area (Å²) in [6.07, 6.45) is 0.843. The van der Waals surface area contributed by atoms with Crippen molar-refractivity contribution in [2.75, 3.05) is 23.7 Å². The molecule has 1 unspecified atom stereocenters. The Morgan fingerprint density at radius 1 is 1.12 bits per heavy atom. The Kier molecular flexibility index (Phi) is 8.57. The maximum atomic E-state index is 13.7. The number of likely N-dealkylation sites (N-methyl/N-ethyl adjacent to an activating group) is 1. The lowest BCUT2D eigenvalue weighted by Crippen LogP contribution is -2.51. The van der Waals surface area contributed by atoms with E-state index in [0.29, 0.717) is 27.5 Å². The minimum atomic E-state index is -4.04. The fraction of sp³-hybridized carbons (Fsp3) is 0.333. The second-order valence-electron chi connectivity index (χ2n) is 7.09. The minimum absolute atomic E-state index is 0.0208. The highest BCUT2D eigenvalue weighted by Gasteiger charge is 2.30. The van der Waals surface area contributed by atoms with Crippen LogP contribution in [0.3, 0.4) is 0 Å². The van der Waals surface area contributed by atoms with Crippen LogP contribution in [0.1, 0.15) is 19.4 Å². The monoisotopic (exact) mass is 487 g/mol. The second-order valence-corrected chi connectivity index (χ2v) is 9.43. The van der Waals surface area contributed by atoms with Crippen molar-refractivity contribution in [3.8, 4) is 0 Å². The fourth-order valence-corrected chi connectivity index (χ4v) is 4.04. The molecule has 2 aromatic rings. The zero-order chi connectivity index (χ0) is 24.1. The molecule has 0 radical (unpaired) electrons. The molecule has 2 amide bonds. The van der Waals surface area contributed by atoms with Gasteiger partial charge in [-0.15, -0.1) is 0 Å². The van der Waals surface area contributed by atoms with Crippen molar-refractivity contribution < 1.29 is 26.8 Å². The van der Waals surface area contributed by atoms with E-state index in [4.69, 9.17) is 11.6 Å². The normalized spacial score (nSPS) is 12.2. The number of carbonyl (C=O) groups excluding carboxylic acids is 2. The van der Waals surface area contributed by atoms with Gasteiger partial charge >= 0.3 is 0 Å². The molecule has 174 valence electrons. The van der Waals surface area contributed by atoms with Crippen LogP contribution in [0.4, 0.5) is 14.5 Å². The summed E-state index contributed by atoms with van der Waals surface area (Å²) in [5.41, 5.74) is 0.411. The molecule has 0 fully saturated rings. The molecule has 32 heavy (non-hydrogen) atoms. The first-order valence-electron chi connectivity index (χ1n) is 9.68. The van der Waals surface area contributed by atoms with Crippen LogP contribution in [0.25, 0.3) is 0 Å². The van der Waals surface area contributed by atoms with Gasteiger partial charge < -0.3 is 10.2 Å². The Labute approximate surface area is 191 Å². The number of carbonyl (C=O) groups is 2. The highest BCUT2D eigenvalue weighted by atomic mass is 35.5. The van der Waals surface area contributed by atoms with E-state index in [2.05, 4.69) is 5.32 Å². The van der Waals surface area contributed by atoms with Crippen LogP contribution in [0, 0.1) is 11.6 Å². The van der Waals surface area contributed by atoms with E-state index >= 15 is 0 Å². The Hall–Kier alpha value is -2.72. The molecule has 0 saturated carbocycles. The highest BCUT2D eigenvalue weighted by molar-refractivity contribution is 7.92. The molecule has 0 aliphatic carbocycles. The molecule has 7 nitrogen and oxygen atoms in total. The molecule has 11 heteroatoms. The van der Waals surface area contributed by atoms with E-state index in [-0.39, 0.29) is 12.2 Å². The quantitative estimate of drug-likeness (QED) is 0.589. The lowest BCUT2D eigenvalue weighted by molar-refractivity contribution is -0.139. The zero-order valence-electron chi connectivity index (χ0n) is 17.8. The van der Waals surface area contributed by atoms with Gasteiger partial charge in [0.2, 0.25) is 21.8 Å². The number of benzene rings is 2. The number of amides is 2. The Bertz CT molecular complexity index is 1100. The van der Waals surface area contributed by atoms with E-state index < -0.39 is 46.1 Å². The van der Waals surface area contributed by atoms with Crippen LogP contribution >= 0.6 is 11.6 Å². The number of hydrogen-bond acceptors (Lipinski definition) is 4. The standard InChI is InChI=1S/C21H24ClF2N3O4S/c1-4-25-21(29)14(2)26(12-15-6-5-7-16(22)10-15)20(28)13-27(32(3,30)31)17-8-9-18(23)19(24)11-17/h5-11,14H,4,12-13H2,1-3H3,(H,25,29). The van der Waals surface area contributed by atoms with Gasteiger partial charge in [-0.2, -0.15) is 0 Å². The minimum Gasteiger partial charge on any atom is -0.355 e. The molecule has 0 aliphatic rings. The highest BCUT2D eigenvalue weighted by Crippen LogP contribution is 2.22. The molecule has 1 atom stereocenters. The molecule has 2 rings (SSSR count). The average molecular weight is 488 g/mol. The number of sulfonamides is 1. The van der Waals surface area contributed by atoms with Gasteiger partial charge in [-0.3, -0.25) is 13.9 Å². The molecule has 1 N–H and O–H groups in total. The first kappa shape index (κ1) is 25.5. The Morgan fingerprint density at radius 3 is 2.38 bits per heavy atom. The second kappa shape index (κ2) is 10.7. The van der Waals surface area contributed by atoms with Crippen molar-refractivity contribution in [2.24, 2.45) is 0 Å². The van der Waals surface area contributed by atoms with Crippen LogP contribution in [-0.4, -0.2) is 50.5 Å². The third kappa shape index (κ3) is 6.64. The predicted octanol–water partition coefficient (Wildman–Crippen LogP) is 2.94. The summed E-state index contributed by atoms with van der Waals surface area (Å²) in [5, 5.41) is 3.06. The summed E-state index contributed by atoms with van der Waals surface area (Å²) in [7, 11) is -4.04. The molecule has 0 spiro atoms. The van der Waals surface area contributed by atoms with Crippen molar-refractivity contribution in [1.82, 2.24) is 10.2 Å². The van der Waals surface area contributed by atoms with E-state index in [1.165, 1.54) is 11.8 Å². The van der Waals surface area contributed by atoms with Gasteiger partial charge in [0, 0.05) is 24.2 Å². The molecular weight excluding hydrogens is 464 g/mol. The van der Waals surface area contributed by atoms with Gasteiger partial charge in [-0.25, -0.2) is 17.2 Å². The van der Waals surface area contributed by atoms with Crippen molar-refractivity contribution in [1.29, 1.82) is 0 Å². The summed E-state index contributed by atoms with van der Waals surface area (Å²) in [6, 6.07) is 8.25. The third-order valence-corrected chi connectivity index (χ3v) is 6.01. The maximum absolute atomic E-state index is 13.7. The summed E-state index contributed by atoms with van der Waals surface area (Å²) in [5.74, 6) is -3.54. The number of nitrogens with one attached hydrogen (secondary N) is 1. The molecule has 0 aromatic heterocycles. The van der Waals surface area contributed by atoms with Gasteiger partial charge in [-0.1, -0.05) is 23.7 Å². The maximum Gasteiger partial charge on any atom is 0.244 e. The molecular formula is C21H24ClF2N3O4S. The lowest BCUT2D eigenvalue weighted by atomic mass is 10.1. The zero-order valence-corrected chi connectivity index (χ0v) is 19.4. The van der Waals surface area contributed by atoms with Gasteiger partial charge in [-0.05, 0) is 43.7 Å². The smallest absolute Gasteiger partial charge is 0.244 e. The Morgan fingerprint density at radius 2 is 1.81 bits per heavy atom. The van der Waals surface area contributed by atoms with Gasteiger partial charge in [0.15, 0.2) is 11.6 Å².